The van der Waals surface area contributed by atoms with Gasteiger partial charge in [0.25, 0.3) is 0 Å². The zero-order valence-corrected chi connectivity index (χ0v) is 6.49. The normalized spacial score (nSPS) is 16.8. The molecule has 0 aromatic rings. The van der Waals surface area contributed by atoms with Crippen molar-refractivity contribution in [2.24, 2.45) is 11.5 Å². The summed E-state index contributed by atoms with van der Waals surface area (Å²) in [6, 6.07) is 0. The van der Waals surface area contributed by atoms with Crippen LogP contribution >= 0.6 is 11.8 Å². The molecule has 0 rings (SSSR count). The maximum atomic E-state index is 10.5. The molecular formula is C5H12N2OS. The highest BCUT2D eigenvalue weighted by Gasteiger charge is 2.24. The van der Waals surface area contributed by atoms with Crippen LogP contribution in [0.5, 0.6) is 0 Å². The van der Waals surface area contributed by atoms with E-state index in [4.69, 9.17) is 11.5 Å². The van der Waals surface area contributed by atoms with Gasteiger partial charge in [0, 0.05) is 5.75 Å². The fourth-order valence-electron chi connectivity index (χ4n) is 0.371. The maximum Gasteiger partial charge on any atom is 0.238 e. The lowest BCUT2D eigenvalue weighted by atomic mass is 10.1. The standard InChI is InChI=1S/C5H12N2OS/c1-5(7,3-9-2)4(6)8/h3,7H2,1-2H3,(H2,6,8). The van der Waals surface area contributed by atoms with Gasteiger partial charge in [0.1, 0.15) is 5.54 Å². The largest absolute Gasteiger partial charge is 0.368 e. The second-order valence-corrected chi connectivity index (χ2v) is 3.08. The Morgan fingerprint density at radius 2 is 2.22 bits per heavy atom. The molecule has 0 radical (unpaired) electrons. The van der Waals surface area contributed by atoms with Crippen LogP contribution in [0.2, 0.25) is 0 Å². The first-order valence-corrected chi connectivity index (χ1v) is 3.98. The molecule has 0 aromatic heterocycles. The zero-order valence-electron chi connectivity index (χ0n) is 5.68. The summed E-state index contributed by atoms with van der Waals surface area (Å²) in [4.78, 5) is 10.5. The first kappa shape index (κ1) is 8.78. The van der Waals surface area contributed by atoms with Gasteiger partial charge in [-0.15, -0.1) is 0 Å². The number of rotatable bonds is 3. The van der Waals surface area contributed by atoms with Crippen molar-refractivity contribution in [1.82, 2.24) is 0 Å². The van der Waals surface area contributed by atoms with Gasteiger partial charge in [-0.3, -0.25) is 4.79 Å². The van der Waals surface area contributed by atoms with Crippen LogP contribution in [0.4, 0.5) is 0 Å². The van der Waals surface area contributed by atoms with Crippen LogP contribution in [0, 0.1) is 0 Å². The Hall–Kier alpha value is -0.220. The molecule has 4 N–H and O–H groups in total. The van der Waals surface area contributed by atoms with Crippen molar-refractivity contribution in [3.05, 3.63) is 0 Å². The van der Waals surface area contributed by atoms with E-state index < -0.39 is 11.4 Å². The lowest BCUT2D eigenvalue weighted by Crippen LogP contribution is -2.51. The predicted molar refractivity (Wildman–Crippen MR) is 40.2 cm³/mol. The first-order chi connectivity index (χ1) is 4.00. The Bertz CT molecular complexity index is 114. The molecule has 9 heavy (non-hydrogen) atoms. The molecule has 0 bridgehead atoms. The maximum absolute atomic E-state index is 10.5. The van der Waals surface area contributed by atoms with Gasteiger partial charge in [-0.2, -0.15) is 11.8 Å². The van der Waals surface area contributed by atoms with Gasteiger partial charge in [-0.05, 0) is 13.2 Å². The molecule has 54 valence electrons. The van der Waals surface area contributed by atoms with Crippen molar-refractivity contribution >= 4 is 17.7 Å². The van der Waals surface area contributed by atoms with E-state index in [1.807, 2.05) is 6.26 Å². The number of nitrogens with two attached hydrogens (primary N) is 2. The average Bonchev–Trinajstić information content (AvgIpc) is 1.65. The third-order valence-corrected chi connectivity index (χ3v) is 1.90. The molecule has 1 amide bonds. The van der Waals surface area contributed by atoms with Crippen LogP contribution in [0.15, 0.2) is 0 Å². The molecule has 0 heterocycles. The highest BCUT2D eigenvalue weighted by atomic mass is 32.2. The smallest absolute Gasteiger partial charge is 0.238 e. The van der Waals surface area contributed by atoms with Crippen LogP contribution in [0.25, 0.3) is 0 Å². The summed E-state index contributed by atoms with van der Waals surface area (Å²) in [5, 5.41) is 0. The van der Waals surface area contributed by atoms with E-state index >= 15 is 0 Å². The second kappa shape index (κ2) is 3.08. The van der Waals surface area contributed by atoms with Gasteiger partial charge < -0.3 is 11.5 Å². The van der Waals surface area contributed by atoms with Gasteiger partial charge in [0.05, 0.1) is 0 Å². The van der Waals surface area contributed by atoms with Gasteiger partial charge >= 0.3 is 0 Å². The average molecular weight is 148 g/mol. The molecule has 0 aromatic carbocycles. The second-order valence-electron chi connectivity index (χ2n) is 2.21. The third kappa shape index (κ3) is 2.72. The fraction of sp³-hybridized carbons (Fsp3) is 0.800. The molecule has 4 heteroatoms. The molecule has 0 fully saturated rings. The molecular weight excluding hydrogens is 136 g/mol. The minimum atomic E-state index is -0.848. The number of amides is 1. The molecule has 0 aliphatic heterocycles. The van der Waals surface area contributed by atoms with Gasteiger partial charge in [0.2, 0.25) is 5.91 Å². The lowest BCUT2D eigenvalue weighted by molar-refractivity contribution is -0.121. The van der Waals surface area contributed by atoms with Crippen LogP contribution in [-0.2, 0) is 4.79 Å². The Morgan fingerprint density at radius 1 is 1.78 bits per heavy atom. The van der Waals surface area contributed by atoms with E-state index in [2.05, 4.69) is 0 Å². The summed E-state index contributed by atoms with van der Waals surface area (Å²) in [6.45, 7) is 1.63. The van der Waals surface area contributed by atoms with E-state index in [0.29, 0.717) is 5.75 Å². The number of hydrogen-bond acceptors (Lipinski definition) is 3. The van der Waals surface area contributed by atoms with Gasteiger partial charge in [-0.1, -0.05) is 0 Å². The number of primary amides is 1. The highest BCUT2D eigenvalue weighted by Crippen LogP contribution is 2.05. The highest BCUT2D eigenvalue weighted by molar-refractivity contribution is 7.98. The van der Waals surface area contributed by atoms with Crippen LogP contribution in [-0.4, -0.2) is 23.5 Å². The SMILES string of the molecule is CSCC(C)(N)C(N)=O. The monoisotopic (exact) mass is 148 g/mol. The third-order valence-electron chi connectivity index (χ3n) is 1.01. The Morgan fingerprint density at radius 3 is 2.33 bits per heavy atom. The number of thioether (sulfide) groups is 1. The Labute approximate surface area is 59.2 Å². The molecule has 0 saturated heterocycles. The summed E-state index contributed by atoms with van der Waals surface area (Å²) < 4.78 is 0. The van der Waals surface area contributed by atoms with E-state index in [-0.39, 0.29) is 0 Å². The predicted octanol–water partition coefficient (Wildman–Crippen LogP) is -0.448. The van der Waals surface area contributed by atoms with E-state index in [1.165, 1.54) is 11.8 Å². The minimum absolute atomic E-state index is 0.447. The summed E-state index contributed by atoms with van der Waals surface area (Å²) in [6.07, 6.45) is 1.88. The molecule has 3 nitrogen and oxygen atoms in total. The van der Waals surface area contributed by atoms with Crippen LogP contribution in [0.1, 0.15) is 6.92 Å². The molecule has 1 atom stereocenters. The Kier molecular flexibility index (Phi) is 3.00. The summed E-state index contributed by atoms with van der Waals surface area (Å²) in [5.41, 5.74) is 9.61. The molecule has 0 aliphatic rings. The van der Waals surface area contributed by atoms with Gasteiger partial charge in [-0.25, -0.2) is 0 Å². The zero-order chi connectivity index (χ0) is 7.49. The Balaban J connectivity index is 3.85. The van der Waals surface area contributed by atoms with Crippen molar-refractivity contribution in [3.8, 4) is 0 Å². The van der Waals surface area contributed by atoms with Crippen molar-refractivity contribution in [3.63, 3.8) is 0 Å². The first-order valence-electron chi connectivity index (χ1n) is 2.58. The van der Waals surface area contributed by atoms with Crippen molar-refractivity contribution in [2.45, 2.75) is 12.5 Å². The molecule has 1 unspecified atom stereocenters. The van der Waals surface area contributed by atoms with Crippen molar-refractivity contribution in [1.29, 1.82) is 0 Å². The van der Waals surface area contributed by atoms with E-state index in [9.17, 15) is 4.79 Å². The summed E-state index contributed by atoms with van der Waals surface area (Å²) >= 11 is 1.51. The van der Waals surface area contributed by atoms with Crippen molar-refractivity contribution < 1.29 is 4.79 Å². The number of carbonyl (C=O) groups is 1. The quantitative estimate of drug-likeness (QED) is 0.569. The summed E-state index contributed by atoms with van der Waals surface area (Å²) in [7, 11) is 0. The topological polar surface area (TPSA) is 69.1 Å². The molecule has 0 spiro atoms. The van der Waals surface area contributed by atoms with Gasteiger partial charge in [0.15, 0.2) is 0 Å². The van der Waals surface area contributed by atoms with Crippen LogP contribution in [0.3, 0.4) is 0 Å². The minimum Gasteiger partial charge on any atom is -0.368 e. The number of carbonyl (C=O) groups excluding carboxylic acids is 1. The summed E-state index contributed by atoms with van der Waals surface area (Å²) in [5.74, 6) is 0.124. The van der Waals surface area contributed by atoms with E-state index in [1.54, 1.807) is 6.92 Å². The van der Waals surface area contributed by atoms with Crippen molar-refractivity contribution in [2.75, 3.05) is 12.0 Å². The molecule has 0 aliphatic carbocycles. The number of hydrogen-bond donors (Lipinski definition) is 2. The molecule has 0 saturated carbocycles. The lowest BCUT2D eigenvalue weighted by Gasteiger charge is -2.17. The van der Waals surface area contributed by atoms with E-state index in [0.717, 1.165) is 0 Å². The fourth-order valence-corrected chi connectivity index (χ4v) is 1.11. The van der Waals surface area contributed by atoms with Crippen LogP contribution < -0.4 is 11.5 Å².